The van der Waals surface area contributed by atoms with Gasteiger partial charge in [-0.25, -0.2) is 0 Å². The van der Waals surface area contributed by atoms with Gasteiger partial charge < -0.3 is 0 Å². The van der Waals surface area contributed by atoms with Gasteiger partial charge >= 0.3 is 0 Å². The van der Waals surface area contributed by atoms with Gasteiger partial charge in [-0.15, -0.1) is 0 Å². The van der Waals surface area contributed by atoms with E-state index in [1.54, 1.807) is 0 Å². The third kappa shape index (κ3) is 5.58. The topological polar surface area (TPSA) is 17.1 Å². The summed E-state index contributed by atoms with van der Waals surface area (Å²) in [4.78, 5) is 11.2. The number of ketones is 1. The van der Waals surface area contributed by atoms with Crippen molar-refractivity contribution in [2.75, 3.05) is 0 Å². The van der Waals surface area contributed by atoms with Crippen molar-refractivity contribution in [3.63, 3.8) is 0 Å². The normalized spacial score (nSPS) is 28.8. The molecule has 0 radical (unpaired) electrons. The Hall–Kier alpha value is -0.330. The monoisotopic (exact) mass is 278 g/mol. The molecule has 1 nitrogen and oxygen atoms in total. The summed E-state index contributed by atoms with van der Waals surface area (Å²) in [6.45, 7) is 2.32. The zero-order valence-corrected chi connectivity index (χ0v) is 13.5. The lowest BCUT2D eigenvalue weighted by Crippen LogP contribution is -2.15. The first-order chi connectivity index (χ1) is 9.78. The van der Waals surface area contributed by atoms with E-state index in [4.69, 9.17) is 0 Å². The highest BCUT2D eigenvalue weighted by molar-refractivity contribution is 5.78. The van der Waals surface area contributed by atoms with Gasteiger partial charge in [0.2, 0.25) is 0 Å². The first-order valence-electron chi connectivity index (χ1n) is 9.29. The minimum Gasteiger partial charge on any atom is -0.300 e. The molecule has 0 bridgehead atoms. The highest BCUT2D eigenvalue weighted by Crippen LogP contribution is 2.34. The lowest BCUT2D eigenvalue weighted by Gasteiger charge is -2.28. The molecular formula is C19H34O. The molecule has 0 atom stereocenters. The van der Waals surface area contributed by atoms with Crippen LogP contribution in [-0.4, -0.2) is 5.78 Å². The average Bonchev–Trinajstić information content (AvgIpc) is 2.47. The molecule has 0 unspecified atom stereocenters. The van der Waals surface area contributed by atoms with E-state index < -0.39 is 0 Å². The van der Waals surface area contributed by atoms with Crippen molar-refractivity contribution in [2.24, 2.45) is 17.8 Å². The number of hydrogen-bond acceptors (Lipinski definition) is 1. The van der Waals surface area contributed by atoms with E-state index in [2.05, 4.69) is 6.92 Å². The smallest absolute Gasteiger partial charge is 0.132 e. The Labute approximate surface area is 125 Å². The van der Waals surface area contributed by atoms with E-state index in [1.807, 2.05) is 0 Å². The molecule has 0 saturated heterocycles. The molecule has 0 N–H and O–H groups in total. The minimum absolute atomic E-state index is 0.505. The number of rotatable bonds is 7. The lowest BCUT2D eigenvalue weighted by atomic mass is 9.78. The van der Waals surface area contributed by atoms with Crippen molar-refractivity contribution in [2.45, 2.75) is 96.8 Å². The molecule has 1 heteroatoms. The molecular weight excluding hydrogens is 244 g/mol. The van der Waals surface area contributed by atoms with Gasteiger partial charge in [0.25, 0.3) is 0 Å². The summed E-state index contributed by atoms with van der Waals surface area (Å²) in [5, 5.41) is 0. The molecule has 0 aliphatic heterocycles. The molecule has 0 aromatic carbocycles. The van der Waals surface area contributed by atoms with Crippen LogP contribution in [0.1, 0.15) is 96.8 Å². The predicted molar refractivity (Wildman–Crippen MR) is 85.8 cm³/mol. The van der Waals surface area contributed by atoms with Gasteiger partial charge in [0, 0.05) is 12.8 Å². The molecule has 20 heavy (non-hydrogen) atoms. The molecule has 2 saturated carbocycles. The maximum absolute atomic E-state index is 11.2. The Morgan fingerprint density at radius 3 is 1.70 bits per heavy atom. The number of hydrogen-bond donors (Lipinski definition) is 0. The Balaban J connectivity index is 1.48. The molecule has 0 aromatic heterocycles. The highest BCUT2D eigenvalue weighted by atomic mass is 16.1. The summed E-state index contributed by atoms with van der Waals surface area (Å²) >= 11 is 0. The fraction of sp³-hybridized carbons (Fsp3) is 0.947. The average molecular weight is 278 g/mol. The van der Waals surface area contributed by atoms with E-state index in [0.717, 1.165) is 30.6 Å². The molecule has 2 rings (SSSR count). The van der Waals surface area contributed by atoms with Crippen LogP contribution in [-0.2, 0) is 4.79 Å². The van der Waals surface area contributed by atoms with Crippen LogP contribution in [0.2, 0.25) is 0 Å². The maximum atomic E-state index is 11.2. The first-order valence-corrected chi connectivity index (χ1v) is 9.29. The summed E-state index contributed by atoms with van der Waals surface area (Å²) in [6.07, 6.45) is 18.7. The van der Waals surface area contributed by atoms with E-state index in [1.165, 1.54) is 77.0 Å². The molecule has 0 aromatic rings. The van der Waals surface area contributed by atoms with Crippen molar-refractivity contribution in [3.05, 3.63) is 0 Å². The van der Waals surface area contributed by atoms with Crippen molar-refractivity contribution >= 4 is 5.78 Å². The summed E-state index contributed by atoms with van der Waals surface area (Å²) in [5.74, 6) is 3.46. The Morgan fingerprint density at radius 2 is 1.20 bits per heavy atom. The third-order valence-electron chi connectivity index (χ3n) is 5.80. The molecule has 0 amide bonds. The summed E-state index contributed by atoms with van der Waals surface area (Å²) in [5.41, 5.74) is 0. The van der Waals surface area contributed by atoms with Crippen LogP contribution in [0, 0.1) is 17.8 Å². The highest BCUT2D eigenvalue weighted by Gasteiger charge is 2.21. The fourth-order valence-electron chi connectivity index (χ4n) is 4.37. The molecule has 0 heterocycles. The van der Waals surface area contributed by atoms with E-state index in [-0.39, 0.29) is 0 Å². The number of carbonyl (C=O) groups excluding carboxylic acids is 1. The fourth-order valence-corrected chi connectivity index (χ4v) is 4.37. The SMILES string of the molecule is CCCC1CCC(CCCCC2CCC(=O)CC2)CC1. The third-order valence-corrected chi connectivity index (χ3v) is 5.80. The van der Waals surface area contributed by atoms with Gasteiger partial charge in [0.15, 0.2) is 0 Å². The Bertz CT molecular complexity index is 265. The second kappa shape index (κ2) is 8.85. The van der Waals surface area contributed by atoms with Gasteiger partial charge in [-0.3, -0.25) is 4.79 Å². The van der Waals surface area contributed by atoms with Gasteiger partial charge in [-0.2, -0.15) is 0 Å². The van der Waals surface area contributed by atoms with Crippen LogP contribution in [0.4, 0.5) is 0 Å². The van der Waals surface area contributed by atoms with Gasteiger partial charge in [0.1, 0.15) is 5.78 Å². The summed E-state index contributed by atoms with van der Waals surface area (Å²) < 4.78 is 0. The van der Waals surface area contributed by atoms with E-state index in [0.29, 0.717) is 5.78 Å². The molecule has 116 valence electrons. The lowest BCUT2D eigenvalue weighted by molar-refractivity contribution is -0.121. The van der Waals surface area contributed by atoms with E-state index in [9.17, 15) is 4.79 Å². The number of carbonyl (C=O) groups is 1. The number of Topliss-reactive ketones (excluding diaryl/α,β-unsaturated/α-hetero) is 1. The van der Waals surface area contributed by atoms with Crippen LogP contribution >= 0.6 is 0 Å². The predicted octanol–water partition coefficient (Wildman–Crippen LogP) is 5.91. The molecule has 2 aliphatic rings. The van der Waals surface area contributed by atoms with Gasteiger partial charge in [-0.05, 0) is 30.6 Å². The first kappa shape index (κ1) is 16.0. The van der Waals surface area contributed by atoms with Crippen LogP contribution in [0.5, 0.6) is 0 Å². The van der Waals surface area contributed by atoms with E-state index >= 15 is 0 Å². The Morgan fingerprint density at radius 1 is 0.750 bits per heavy atom. The van der Waals surface area contributed by atoms with Crippen LogP contribution in [0.3, 0.4) is 0 Å². The zero-order chi connectivity index (χ0) is 14.2. The second-order valence-corrected chi connectivity index (χ2v) is 7.44. The van der Waals surface area contributed by atoms with Crippen LogP contribution in [0.15, 0.2) is 0 Å². The largest absolute Gasteiger partial charge is 0.300 e. The number of unbranched alkanes of at least 4 members (excludes halogenated alkanes) is 1. The summed E-state index contributed by atoms with van der Waals surface area (Å²) in [7, 11) is 0. The second-order valence-electron chi connectivity index (χ2n) is 7.44. The maximum Gasteiger partial charge on any atom is 0.132 e. The van der Waals surface area contributed by atoms with Gasteiger partial charge in [0.05, 0.1) is 0 Å². The van der Waals surface area contributed by atoms with Crippen molar-refractivity contribution < 1.29 is 4.79 Å². The Kier molecular flexibility index (Phi) is 7.10. The standard InChI is InChI=1S/C19H34O/c1-2-5-16-8-10-17(11-9-16)6-3-4-7-18-12-14-19(20)15-13-18/h16-18H,2-15H2,1H3. The zero-order valence-electron chi connectivity index (χ0n) is 13.5. The molecule has 2 fully saturated rings. The van der Waals surface area contributed by atoms with Crippen molar-refractivity contribution in [1.29, 1.82) is 0 Å². The van der Waals surface area contributed by atoms with Crippen LogP contribution < -0.4 is 0 Å². The van der Waals surface area contributed by atoms with Crippen molar-refractivity contribution in [1.82, 2.24) is 0 Å². The molecule has 0 spiro atoms. The molecule has 2 aliphatic carbocycles. The minimum atomic E-state index is 0.505. The van der Waals surface area contributed by atoms with Crippen molar-refractivity contribution in [3.8, 4) is 0 Å². The van der Waals surface area contributed by atoms with Gasteiger partial charge in [-0.1, -0.05) is 71.1 Å². The van der Waals surface area contributed by atoms with Crippen LogP contribution in [0.25, 0.3) is 0 Å². The summed E-state index contributed by atoms with van der Waals surface area (Å²) in [6, 6.07) is 0. The quantitative estimate of drug-likeness (QED) is 0.529.